The highest BCUT2D eigenvalue weighted by atomic mass is 35.5. The van der Waals surface area contributed by atoms with E-state index in [2.05, 4.69) is 11.8 Å². The van der Waals surface area contributed by atoms with Crippen molar-refractivity contribution in [1.29, 1.82) is 0 Å². The fourth-order valence-corrected chi connectivity index (χ4v) is 2.84. The van der Waals surface area contributed by atoms with E-state index in [1.54, 1.807) is 0 Å². The highest BCUT2D eigenvalue weighted by molar-refractivity contribution is 6.31. The number of likely N-dealkylation sites (tertiary alicyclic amines) is 1. The Morgan fingerprint density at radius 2 is 2.24 bits per heavy atom. The van der Waals surface area contributed by atoms with Gasteiger partial charge in [0.15, 0.2) is 0 Å². The Labute approximate surface area is 109 Å². The van der Waals surface area contributed by atoms with Gasteiger partial charge in [-0.15, -0.1) is 0 Å². The second-order valence-electron chi connectivity index (χ2n) is 4.94. The Morgan fingerprint density at radius 1 is 1.47 bits per heavy atom. The van der Waals surface area contributed by atoms with E-state index in [0.29, 0.717) is 6.04 Å². The van der Waals surface area contributed by atoms with Crippen LogP contribution in [0.5, 0.6) is 0 Å². The third kappa shape index (κ3) is 3.21. The lowest BCUT2D eigenvalue weighted by Crippen LogP contribution is -2.30. The molecule has 2 N–H and O–H groups in total. The summed E-state index contributed by atoms with van der Waals surface area (Å²) in [6.45, 7) is 4.60. The van der Waals surface area contributed by atoms with E-state index < -0.39 is 0 Å². The minimum Gasteiger partial charge on any atom is -0.324 e. The Kier molecular flexibility index (Phi) is 4.43. The van der Waals surface area contributed by atoms with Crippen LogP contribution in [0.4, 0.5) is 0 Å². The molecule has 1 heterocycles. The highest BCUT2D eigenvalue weighted by Gasteiger charge is 2.20. The van der Waals surface area contributed by atoms with E-state index in [-0.39, 0.29) is 6.04 Å². The Balaban J connectivity index is 1.89. The van der Waals surface area contributed by atoms with Gasteiger partial charge in [-0.25, -0.2) is 0 Å². The minimum absolute atomic E-state index is 0.0523. The number of nitrogens with two attached hydrogens (primary N) is 1. The zero-order chi connectivity index (χ0) is 12.3. The van der Waals surface area contributed by atoms with E-state index in [1.807, 2.05) is 24.3 Å². The summed E-state index contributed by atoms with van der Waals surface area (Å²) in [5, 5.41) is 0.787. The van der Waals surface area contributed by atoms with Crippen LogP contribution in [0.3, 0.4) is 0 Å². The van der Waals surface area contributed by atoms with Gasteiger partial charge >= 0.3 is 0 Å². The number of hydrogen-bond acceptors (Lipinski definition) is 2. The first-order valence-corrected chi connectivity index (χ1v) is 6.80. The molecule has 1 aliphatic heterocycles. The highest BCUT2D eigenvalue weighted by Crippen LogP contribution is 2.24. The van der Waals surface area contributed by atoms with Gasteiger partial charge in [0.25, 0.3) is 0 Å². The molecular formula is C14H21ClN2. The maximum absolute atomic E-state index is 6.21. The number of hydrogen-bond donors (Lipinski definition) is 1. The number of rotatable bonds is 4. The van der Waals surface area contributed by atoms with E-state index >= 15 is 0 Å². The van der Waals surface area contributed by atoms with Crippen LogP contribution >= 0.6 is 11.6 Å². The number of nitrogens with zero attached hydrogens (tertiary/aromatic N) is 1. The summed E-state index contributed by atoms with van der Waals surface area (Å²) in [7, 11) is 0. The molecular weight excluding hydrogens is 232 g/mol. The van der Waals surface area contributed by atoms with E-state index in [4.69, 9.17) is 17.3 Å². The molecule has 3 heteroatoms. The smallest absolute Gasteiger partial charge is 0.0453 e. The molecule has 0 saturated carbocycles. The predicted molar refractivity (Wildman–Crippen MR) is 73.3 cm³/mol. The fraction of sp³-hybridized carbons (Fsp3) is 0.571. The summed E-state index contributed by atoms with van der Waals surface area (Å²) < 4.78 is 0. The van der Waals surface area contributed by atoms with Crippen molar-refractivity contribution in [3.05, 3.63) is 34.9 Å². The van der Waals surface area contributed by atoms with Crippen molar-refractivity contribution >= 4 is 11.6 Å². The molecule has 0 bridgehead atoms. The molecule has 1 aromatic rings. The largest absolute Gasteiger partial charge is 0.324 e. The Bertz CT molecular complexity index is 367. The summed E-state index contributed by atoms with van der Waals surface area (Å²) in [6.07, 6.45) is 3.62. The van der Waals surface area contributed by atoms with E-state index in [9.17, 15) is 0 Å². The summed E-state index contributed by atoms with van der Waals surface area (Å²) in [5.41, 5.74) is 7.28. The monoisotopic (exact) mass is 252 g/mol. The molecule has 0 spiro atoms. The van der Waals surface area contributed by atoms with Crippen LogP contribution in [-0.2, 0) is 0 Å². The van der Waals surface area contributed by atoms with Crippen LogP contribution < -0.4 is 5.73 Å². The first-order chi connectivity index (χ1) is 8.18. The van der Waals surface area contributed by atoms with Crippen molar-refractivity contribution in [2.75, 3.05) is 13.1 Å². The molecule has 17 heavy (non-hydrogen) atoms. The molecule has 2 unspecified atom stereocenters. The third-order valence-corrected chi connectivity index (χ3v) is 4.07. The van der Waals surface area contributed by atoms with Gasteiger partial charge in [-0.05, 0) is 44.4 Å². The zero-order valence-corrected chi connectivity index (χ0v) is 11.2. The second kappa shape index (κ2) is 5.85. The van der Waals surface area contributed by atoms with Gasteiger partial charge in [0, 0.05) is 23.7 Å². The van der Waals surface area contributed by atoms with Gasteiger partial charge in [0.05, 0.1) is 0 Å². The average Bonchev–Trinajstić information content (AvgIpc) is 2.72. The molecule has 1 aromatic carbocycles. The number of benzene rings is 1. The van der Waals surface area contributed by atoms with Gasteiger partial charge in [-0.1, -0.05) is 29.8 Å². The first kappa shape index (κ1) is 12.9. The lowest BCUT2D eigenvalue weighted by atomic mass is 10.0. The average molecular weight is 253 g/mol. The first-order valence-electron chi connectivity index (χ1n) is 6.42. The summed E-state index contributed by atoms with van der Waals surface area (Å²) in [5.74, 6) is 0. The van der Waals surface area contributed by atoms with E-state index in [1.165, 1.54) is 19.4 Å². The lowest BCUT2D eigenvalue weighted by Gasteiger charge is -2.23. The Hall–Kier alpha value is -0.570. The summed E-state index contributed by atoms with van der Waals surface area (Å²) in [6, 6.07) is 8.65. The van der Waals surface area contributed by atoms with Crippen molar-refractivity contribution in [2.45, 2.75) is 38.3 Å². The molecule has 1 saturated heterocycles. The zero-order valence-electron chi connectivity index (χ0n) is 10.4. The molecule has 0 aliphatic carbocycles. The molecule has 2 rings (SSSR count). The molecule has 0 amide bonds. The third-order valence-electron chi connectivity index (χ3n) is 3.72. The van der Waals surface area contributed by atoms with Crippen LogP contribution in [0.15, 0.2) is 24.3 Å². The van der Waals surface area contributed by atoms with Crippen LogP contribution in [0, 0.1) is 0 Å². The number of halogens is 1. The molecule has 2 nitrogen and oxygen atoms in total. The fourth-order valence-electron chi connectivity index (χ4n) is 2.56. The molecule has 1 aliphatic rings. The van der Waals surface area contributed by atoms with Gasteiger partial charge in [-0.2, -0.15) is 0 Å². The van der Waals surface area contributed by atoms with Gasteiger partial charge < -0.3 is 10.6 Å². The van der Waals surface area contributed by atoms with Crippen molar-refractivity contribution in [1.82, 2.24) is 4.90 Å². The molecule has 0 aromatic heterocycles. The Morgan fingerprint density at radius 3 is 2.88 bits per heavy atom. The normalized spacial score (nSPS) is 22.9. The van der Waals surface area contributed by atoms with Crippen molar-refractivity contribution in [3.8, 4) is 0 Å². The van der Waals surface area contributed by atoms with Gasteiger partial charge in [-0.3, -0.25) is 0 Å². The predicted octanol–water partition coefficient (Wildman–Crippen LogP) is 3.21. The van der Waals surface area contributed by atoms with Crippen LogP contribution in [0.25, 0.3) is 0 Å². The van der Waals surface area contributed by atoms with Crippen molar-refractivity contribution in [3.63, 3.8) is 0 Å². The lowest BCUT2D eigenvalue weighted by molar-refractivity contribution is 0.258. The molecule has 2 atom stereocenters. The quantitative estimate of drug-likeness (QED) is 0.892. The summed E-state index contributed by atoms with van der Waals surface area (Å²) in [4.78, 5) is 2.52. The maximum Gasteiger partial charge on any atom is 0.0453 e. The van der Waals surface area contributed by atoms with Crippen molar-refractivity contribution in [2.24, 2.45) is 5.73 Å². The maximum atomic E-state index is 6.21. The van der Waals surface area contributed by atoms with Crippen LogP contribution in [-0.4, -0.2) is 24.0 Å². The SMILES string of the molecule is CC1CCCN1CCC(N)c1ccccc1Cl. The standard InChI is InChI=1S/C14H21ClN2/c1-11-5-4-9-17(11)10-8-14(16)12-6-2-3-7-13(12)15/h2-3,6-7,11,14H,4-5,8-10,16H2,1H3. The molecule has 94 valence electrons. The molecule has 1 fully saturated rings. The van der Waals surface area contributed by atoms with Gasteiger partial charge in [0.2, 0.25) is 0 Å². The van der Waals surface area contributed by atoms with E-state index in [0.717, 1.165) is 23.6 Å². The summed E-state index contributed by atoms with van der Waals surface area (Å²) >= 11 is 6.15. The van der Waals surface area contributed by atoms with Crippen molar-refractivity contribution < 1.29 is 0 Å². The second-order valence-corrected chi connectivity index (χ2v) is 5.35. The van der Waals surface area contributed by atoms with Gasteiger partial charge in [0.1, 0.15) is 0 Å². The molecule has 0 radical (unpaired) electrons. The topological polar surface area (TPSA) is 29.3 Å². The van der Waals surface area contributed by atoms with Crippen LogP contribution in [0.2, 0.25) is 5.02 Å². The van der Waals surface area contributed by atoms with Crippen LogP contribution in [0.1, 0.15) is 37.8 Å². The minimum atomic E-state index is 0.0523.